The first kappa shape index (κ1) is 24.7. The van der Waals surface area contributed by atoms with Crippen molar-refractivity contribution in [3.8, 4) is 17.6 Å². The highest BCUT2D eigenvalue weighted by atomic mass is 19.4. The van der Waals surface area contributed by atoms with Crippen LogP contribution in [0.4, 0.5) is 28.9 Å². The molecule has 2 atom stereocenters. The third-order valence-electron chi connectivity index (χ3n) is 6.06. The number of ether oxygens (including phenoxy) is 1. The molecule has 0 unspecified atom stereocenters. The molecule has 0 amide bonds. The molecule has 2 N–H and O–H groups in total. The van der Waals surface area contributed by atoms with Crippen LogP contribution in [-0.4, -0.2) is 61.6 Å². The number of methoxy groups -OCH3 is 1. The number of hydrogen-bond donors (Lipinski definition) is 2. The molecule has 3 aromatic rings. The van der Waals surface area contributed by atoms with Gasteiger partial charge in [-0.15, -0.1) is 0 Å². The van der Waals surface area contributed by atoms with Crippen molar-refractivity contribution in [3.05, 3.63) is 54.2 Å². The number of benzene rings is 2. The van der Waals surface area contributed by atoms with Gasteiger partial charge in [0.2, 0.25) is 0 Å². The number of likely N-dealkylation sites (tertiary alicyclic amines) is 1. The molecule has 186 valence electrons. The maximum Gasteiger partial charge on any atom is 0.406 e. The number of para-hydroxylation sites is 2. The van der Waals surface area contributed by atoms with Gasteiger partial charge in [-0.2, -0.15) is 13.2 Å². The van der Waals surface area contributed by atoms with Crippen LogP contribution in [0.15, 0.2) is 48.5 Å². The maximum absolute atomic E-state index is 14.6. The van der Waals surface area contributed by atoms with Crippen molar-refractivity contribution in [2.24, 2.45) is 0 Å². The highest BCUT2D eigenvalue weighted by molar-refractivity contribution is 5.94. The molecule has 1 aliphatic rings. The normalized spacial score (nSPS) is 18.7. The molecule has 0 bridgehead atoms. The molecule has 35 heavy (non-hydrogen) atoms. The fourth-order valence-corrected chi connectivity index (χ4v) is 4.35. The largest absolute Gasteiger partial charge is 0.495 e. The molecule has 2 aromatic carbocycles. The number of aromatic nitrogens is 1. The van der Waals surface area contributed by atoms with Gasteiger partial charge < -0.3 is 24.8 Å². The molecule has 0 saturated carbocycles. The molecule has 0 spiro atoms. The Hall–Kier alpha value is -3.38. The third-order valence-corrected chi connectivity index (χ3v) is 6.06. The van der Waals surface area contributed by atoms with Crippen LogP contribution in [-0.2, 0) is 6.54 Å². The van der Waals surface area contributed by atoms with E-state index in [1.165, 1.54) is 0 Å². The smallest absolute Gasteiger partial charge is 0.406 e. The van der Waals surface area contributed by atoms with Gasteiger partial charge >= 0.3 is 6.18 Å². The predicted molar refractivity (Wildman–Crippen MR) is 131 cm³/mol. The highest BCUT2D eigenvalue weighted by Gasteiger charge is 2.31. The molecular weight excluding hydrogens is 460 g/mol. The van der Waals surface area contributed by atoms with Crippen molar-refractivity contribution < 1.29 is 22.3 Å². The summed E-state index contributed by atoms with van der Waals surface area (Å²) in [6.07, 6.45) is -4.88. The average molecular weight is 489 g/mol. The first-order valence-corrected chi connectivity index (χ1v) is 11.4. The van der Waals surface area contributed by atoms with E-state index in [1.807, 2.05) is 30.1 Å². The number of halogens is 4. The summed E-state index contributed by atoms with van der Waals surface area (Å²) >= 11 is 0. The van der Waals surface area contributed by atoms with Gasteiger partial charge in [0, 0.05) is 24.2 Å². The van der Waals surface area contributed by atoms with E-state index in [0.29, 0.717) is 35.3 Å². The van der Waals surface area contributed by atoms with E-state index in [0.717, 1.165) is 16.8 Å². The third kappa shape index (κ3) is 6.01. The van der Waals surface area contributed by atoms with Crippen molar-refractivity contribution >= 4 is 22.3 Å². The van der Waals surface area contributed by atoms with Crippen LogP contribution >= 0.6 is 0 Å². The van der Waals surface area contributed by atoms with Crippen LogP contribution in [0, 0.1) is 11.8 Å². The van der Waals surface area contributed by atoms with Crippen LogP contribution in [0.1, 0.15) is 12.1 Å². The molecule has 1 saturated heterocycles. The standard InChI is InChI=1S/C26H28F4N4O/c1-33-14-12-22(20(27)16-33)32-21-9-5-10-24-19(21)15-18(34(24)17-26(28,29)30)7-6-13-31-23-8-3-4-11-25(23)35-2/h3-5,8-11,15,20,22,31-32H,12-14,16-17H2,1-2H3/t20-,22+/m0/s1. The molecule has 5 nitrogen and oxygen atoms in total. The second-order valence-electron chi connectivity index (χ2n) is 8.64. The number of fused-ring (bicyclic) bond motifs is 1. The summed E-state index contributed by atoms with van der Waals surface area (Å²) in [5.41, 5.74) is 1.99. The van der Waals surface area contributed by atoms with Crippen molar-refractivity contribution in [2.75, 3.05) is 44.4 Å². The van der Waals surface area contributed by atoms with E-state index in [-0.39, 0.29) is 12.2 Å². The fraction of sp³-hybridized carbons (Fsp3) is 0.385. The van der Waals surface area contributed by atoms with Gasteiger partial charge in [0.25, 0.3) is 0 Å². The zero-order valence-electron chi connectivity index (χ0n) is 19.6. The van der Waals surface area contributed by atoms with E-state index >= 15 is 0 Å². The quantitative estimate of drug-likeness (QED) is 0.373. The number of anilines is 2. The van der Waals surface area contributed by atoms with Crippen LogP contribution in [0.2, 0.25) is 0 Å². The lowest BCUT2D eigenvalue weighted by atomic mass is 10.0. The number of hydrogen-bond acceptors (Lipinski definition) is 4. The number of nitrogens with zero attached hydrogens (tertiary/aromatic N) is 2. The summed E-state index contributed by atoms with van der Waals surface area (Å²) in [4.78, 5) is 1.93. The number of piperidine rings is 1. The molecule has 0 aliphatic carbocycles. The zero-order valence-corrected chi connectivity index (χ0v) is 19.6. The first-order valence-electron chi connectivity index (χ1n) is 11.4. The second-order valence-corrected chi connectivity index (χ2v) is 8.64. The van der Waals surface area contributed by atoms with E-state index in [1.54, 1.807) is 37.4 Å². The topological polar surface area (TPSA) is 41.5 Å². The van der Waals surface area contributed by atoms with Gasteiger partial charge in [-0.25, -0.2) is 4.39 Å². The van der Waals surface area contributed by atoms with Crippen LogP contribution in [0.25, 0.3) is 10.9 Å². The molecule has 0 radical (unpaired) electrons. The van der Waals surface area contributed by atoms with Gasteiger partial charge in [0.15, 0.2) is 0 Å². The number of alkyl halides is 4. The molecule has 9 heteroatoms. The molecule has 1 fully saturated rings. The maximum atomic E-state index is 14.6. The Kier molecular flexibility index (Phi) is 7.41. The average Bonchev–Trinajstić information content (AvgIpc) is 3.15. The number of nitrogens with one attached hydrogen (secondary N) is 2. The summed E-state index contributed by atoms with van der Waals surface area (Å²) in [6.45, 7) is 0.125. The predicted octanol–water partition coefficient (Wildman–Crippen LogP) is 5.13. The SMILES string of the molecule is COc1ccccc1NCC#Cc1cc2c(N[C@@H]3CCN(C)C[C@@H]3F)cccc2n1CC(F)(F)F. The Morgan fingerprint density at radius 2 is 1.89 bits per heavy atom. The Balaban J connectivity index is 1.62. The minimum atomic E-state index is -4.42. The molecule has 4 rings (SSSR count). The summed E-state index contributed by atoms with van der Waals surface area (Å²) in [7, 11) is 3.43. The summed E-state index contributed by atoms with van der Waals surface area (Å²) in [5.74, 6) is 6.44. The molecular formula is C26H28F4N4O. The van der Waals surface area contributed by atoms with E-state index < -0.39 is 24.9 Å². The van der Waals surface area contributed by atoms with E-state index in [9.17, 15) is 17.6 Å². The van der Waals surface area contributed by atoms with Crippen LogP contribution < -0.4 is 15.4 Å². The van der Waals surface area contributed by atoms with Crippen LogP contribution in [0.3, 0.4) is 0 Å². The molecule has 1 aliphatic heterocycles. The second kappa shape index (κ2) is 10.5. The molecule has 2 heterocycles. The monoisotopic (exact) mass is 488 g/mol. The van der Waals surface area contributed by atoms with Crippen molar-refractivity contribution in [1.82, 2.24) is 9.47 Å². The Labute approximate surface area is 202 Å². The Morgan fingerprint density at radius 3 is 2.63 bits per heavy atom. The van der Waals surface area contributed by atoms with E-state index in [2.05, 4.69) is 22.5 Å². The highest BCUT2D eigenvalue weighted by Crippen LogP contribution is 2.31. The van der Waals surface area contributed by atoms with Gasteiger partial charge in [-0.1, -0.05) is 24.1 Å². The van der Waals surface area contributed by atoms with Crippen molar-refractivity contribution in [1.29, 1.82) is 0 Å². The first-order chi connectivity index (χ1) is 16.7. The van der Waals surface area contributed by atoms with Crippen LogP contribution in [0.5, 0.6) is 5.75 Å². The van der Waals surface area contributed by atoms with Gasteiger partial charge in [0.1, 0.15) is 18.5 Å². The van der Waals surface area contributed by atoms with Crippen molar-refractivity contribution in [3.63, 3.8) is 0 Å². The van der Waals surface area contributed by atoms with Crippen molar-refractivity contribution in [2.45, 2.75) is 31.4 Å². The summed E-state index contributed by atoms with van der Waals surface area (Å²) < 4.78 is 61.3. The lowest BCUT2D eigenvalue weighted by molar-refractivity contribution is -0.140. The minimum absolute atomic E-state index is 0.220. The van der Waals surface area contributed by atoms with Gasteiger partial charge in [-0.3, -0.25) is 0 Å². The lowest BCUT2D eigenvalue weighted by Crippen LogP contribution is -2.46. The summed E-state index contributed by atoms with van der Waals surface area (Å²) in [6, 6.07) is 13.6. The van der Waals surface area contributed by atoms with Gasteiger partial charge in [0.05, 0.1) is 36.6 Å². The number of rotatable bonds is 6. The van der Waals surface area contributed by atoms with E-state index in [4.69, 9.17) is 4.74 Å². The molecule has 1 aromatic heterocycles. The minimum Gasteiger partial charge on any atom is -0.495 e. The lowest BCUT2D eigenvalue weighted by Gasteiger charge is -2.33. The zero-order chi connectivity index (χ0) is 25.0. The summed E-state index contributed by atoms with van der Waals surface area (Å²) in [5, 5.41) is 6.94. The van der Waals surface area contributed by atoms with Gasteiger partial charge in [-0.05, 0) is 49.7 Å². The Bertz CT molecular complexity index is 1230. The fourth-order valence-electron chi connectivity index (χ4n) is 4.35. The Morgan fingerprint density at radius 1 is 1.11 bits per heavy atom.